The van der Waals surface area contributed by atoms with Crippen molar-refractivity contribution in [1.29, 1.82) is 0 Å². The molecule has 9 rings (SSSR count). The first-order valence-corrected chi connectivity index (χ1v) is 22.1. The van der Waals surface area contributed by atoms with Crippen LogP contribution in [-0.4, -0.2) is 66.1 Å². The fourth-order valence-corrected chi connectivity index (χ4v) is 10.4. The molecule has 2 aliphatic heterocycles. The summed E-state index contributed by atoms with van der Waals surface area (Å²) in [5, 5.41) is 14.8. The van der Waals surface area contributed by atoms with Gasteiger partial charge in [-0.1, -0.05) is 110 Å². The van der Waals surface area contributed by atoms with E-state index in [0.29, 0.717) is 34.6 Å². The van der Waals surface area contributed by atoms with Gasteiger partial charge in [-0.2, -0.15) is 0 Å². The molecular formula is C52H56N2O8. The van der Waals surface area contributed by atoms with E-state index in [0.717, 1.165) is 54.4 Å². The minimum atomic E-state index is -1.33. The highest BCUT2D eigenvalue weighted by Gasteiger charge is 2.57. The predicted molar refractivity (Wildman–Crippen MR) is 235 cm³/mol. The van der Waals surface area contributed by atoms with Crippen LogP contribution >= 0.6 is 0 Å². The summed E-state index contributed by atoms with van der Waals surface area (Å²) in [4.78, 5) is 40.9. The van der Waals surface area contributed by atoms with Crippen LogP contribution in [0.3, 0.4) is 0 Å². The number of aliphatic hydroxyl groups is 1. The van der Waals surface area contributed by atoms with Crippen molar-refractivity contribution < 1.29 is 38.4 Å². The van der Waals surface area contributed by atoms with Gasteiger partial charge in [-0.3, -0.25) is 9.59 Å². The smallest absolute Gasteiger partial charge is 0.338 e. The third kappa shape index (κ3) is 8.41. The Morgan fingerprint density at radius 3 is 2.26 bits per heavy atom. The Morgan fingerprint density at radius 1 is 0.806 bits per heavy atom. The third-order valence-corrected chi connectivity index (χ3v) is 13.8. The number of rotatable bonds is 11. The number of ether oxygens (including phenoxy) is 4. The van der Waals surface area contributed by atoms with Gasteiger partial charge in [0.05, 0.1) is 23.9 Å². The van der Waals surface area contributed by atoms with Gasteiger partial charge in [0, 0.05) is 41.8 Å². The molecule has 322 valence electrons. The van der Waals surface area contributed by atoms with Crippen LogP contribution in [0.5, 0.6) is 0 Å². The van der Waals surface area contributed by atoms with Gasteiger partial charge in [0.1, 0.15) is 18.3 Å². The van der Waals surface area contributed by atoms with Gasteiger partial charge < -0.3 is 34.7 Å². The SMILES string of the molecule is CC1(C)C[C@@H]2C(=Cc3cccc(C(=O)O[C@@H]4CC(C(=O)NCc5cccc(C(=O)NCCO)c5)=C[C@H]5OC(c6ccccc6)(c6ccccc6)O[C@H]54)c3)CCC3O[C@]3(C)CC[C@H]21. The summed E-state index contributed by atoms with van der Waals surface area (Å²) in [5.74, 6) is -1.38. The van der Waals surface area contributed by atoms with Gasteiger partial charge >= 0.3 is 5.97 Å². The predicted octanol–water partition coefficient (Wildman–Crippen LogP) is 8.04. The fourth-order valence-electron chi connectivity index (χ4n) is 10.4. The molecule has 2 saturated heterocycles. The number of hydrogen-bond acceptors (Lipinski definition) is 8. The summed E-state index contributed by atoms with van der Waals surface area (Å²) < 4.78 is 26.5. The average molecular weight is 837 g/mol. The Morgan fingerprint density at radius 2 is 1.53 bits per heavy atom. The zero-order chi connectivity index (χ0) is 43.1. The summed E-state index contributed by atoms with van der Waals surface area (Å²) in [7, 11) is 0. The van der Waals surface area contributed by atoms with Crippen molar-refractivity contribution in [3.8, 4) is 0 Å². The van der Waals surface area contributed by atoms with Crippen LogP contribution < -0.4 is 10.6 Å². The van der Waals surface area contributed by atoms with E-state index in [1.807, 2.05) is 84.9 Å². The van der Waals surface area contributed by atoms with E-state index in [4.69, 9.17) is 24.1 Å². The number of aliphatic hydroxyl groups excluding tert-OH is 1. The lowest BCUT2D eigenvalue weighted by molar-refractivity contribution is -0.157. The Labute approximate surface area is 363 Å². The van der Waals surface area contributed by atoms with E-state index in [1.54, 1.807) is 30.3 Å². The molecule has 0 bridgehead atoms. The summed E-state index contributed by atoms with van der Waals surface area (Å²) in [6.45, 7) is 7.17. The molecule has 0 radical (unpaired) electrons. The first-order valence-electron chi connectivity index (χ1n) is 22.1. The Bertz CT molecular complexity index is 2340. The van der Waals surface area contributed by atoms with E-state index < -0.39 is 30.1 Å². The number of benzene rings is 4. The normalized spacial score (nSPS) is 28.6. The standard InChI is InChI=1S/C52H56N2O8/c1-50(2)31-41-35(20-21-45-51(3,61-45)23-22-42(41)50)26-33-12-10-15-37(27-33)49(58)59-43-29-38(48(57)54-32-34-13-11-14-36(28-34)47(56)53-24-25-55)30-44-46(43)62-52(60-44,39-16-6-4-7-17-39)40-18-8-5-9-19-40/h4-19,26-28,30,41-46,55H,20-25,29,31-32H2,1-3H3,(H,53,56)(H,54,57)/t41-,42-,43-,44-,45?,46+,51-/m1/s1. The zero-order valence-electron chi connectivity index (χ0n) is 35.7. The molecule has 3 aliphatic carbocycles. The molecule has 3 N–H and O–H groups in total. The molecule has 10 heteroatoms. The molecule has 4 aromatic carbocycles. The van der Waals surface area contributed by atoms with Crippen molar-refractivity contribution in [2.24, 2.45) is 17.3 Å². The molecular weight excluding hydrogens is 781 g/mol. The maximum absolute atomic E-state index is 14.3. The first kappa shape index (κ1) is 41.9. The number of allylic oxidation sites excluding steroid dienone is 1. The molecule has 1 unspecified atom stereocenters. The summed E-state index contributed by atoms with van der Waals surface area (Å²) in [6, 6.07) is 33.9. The van der Waals surface area contributed by atoms with E-state index in [9.17, 15) is 14.4 Å². The summed E-state index contributed by atoms with van der Waals surface area (Å²) >= 11 is 0. The van der Waals surface area contributed by atoms with Gasteiger partial charge in [-0.05, 0) is 97.7 Å². The molecule has 7 atom stereocenters. The lowest BCUT2D eigenvalue weighted by atomic mass is 9.52. The molecule has 0 spiro atoms. The van der Waals surface area contributed by atoms with Crippen molar-refractivity contribution in [2.45, 2.75) is 102 Å². The van der Waals surface area contributed by atoms with Crippen molar-refractivity contribution in [3.63, 3.8) is 0 Å². The van der Waals surface area contributed by atoms with E-state index in [1.165, 1.54) is 5.57 Å². The number of esters is 1. The zero-order valence-corrected chi connectivity index (χ0v) is 35.7. The lowest BCUT2D eigenvalue weighted by Gasteiger charge is -2.53. The first-order chi connectivity index (χ1) is 29.9. The molecule has 0 aromatic heterocycles. The van der Waals surface area contributed by atoms with Crippen LogP contribution in [0.2, 0.25) is 0 Å². The van der Waals surface area contributed by atoms with Crippen LogP contribution in [-0.2, 0) is 36.1 Å². The molecule has 10 nitrogen and oxygen atoms in total. The van der Waals surface area contributed by atoms with Crippen molar-refractivity contribution in [3.05, 3.63) is 160 Å². The van der Waals surface area contributed by atoms with E-state index in [2.05, 4.69) is 37.5 Å². The van der Waals surface area contributed by atoms with Gasteiger partial charge in [0.15, 0.2) is 0 Å². The van der Waals surface area contributed by atoms with Crippen molar-refractivity contribution in [1.82, 2.24) is 10.6 Å². The summed E-state index contributed by atoms with van der Waals surface area (Å²) in [6.07, 6.45) is 7.53. The molecule has 5 aliphatic rings. The topological polar surface area (TPSA) is 136 Å². The number of epoxide rings is 1. The third-order valence-electron chi connectivity index (χ3n) is 13.8. The molecule has 4 fully saturated rings. The highest BCUT2D eigenvalue weighted by atomic mass is 16.8. The Balaban J connectivity index is 0.980. The number of amides is 2. The molecule has 4 aromatic rings. The van der Waals surface area contributed by atoms with Crippen molar-refractivity contribution >= 4 is 23.9 Å². The van der Waals surface area contributed by atoms with Gasteiger partial charge in [0.25, 0.3) is 5.91 Å². The Hall–Kier alpha value is -5.39. The maximum atomic E-state index is 14.3. The van der Waals surface area contributed by atoms with Crippen LogP contribution in [0.25, 0.3) is 6.08 Å². The minimum Gasteiger partial charge on any atom is -0.456 e. The largest absolute Gasteiger partial charge is 0.456 e. The molecule has 2 amide bonds. The number of nitrogens with one attached hydrogen (secondary N) is 2. The van der Waals surface area contributed by atoms with Crippen LogP contribution in [0.1, 0.15) is 102 Å². The molecule has 62 heavy (non-hydrogen) atoms. The van der Waals surface area contributed by atoms with Crippen LogP contribution in [0, 0.1) is 17.3 Å². The quantitative estimate of drug-likeness (QED) is 0.102. The van der Waals surface area contributed by atoms with E-state index in [-0.39, 0.29) is 48.9 Å². The maximum Gasteiger partial charge on any atom is 0.338 e. The number of hydrogen-bond donors (Lipinski definition) is 3. The van der Waals surface area contributed by atoms with E-state index >= 15 is 0 Å². The second kappa shape index (κ2) is 17.1. The number of carbonyl (C=O) groups excluding carboxylic acids is 3. The molecule has 2 saturated carbocycles. The summed E-state index contributed by atoms with van der Waals surface area (Å²) in [5.41, 5.74) is 6.19. The highest BCUT2D eigenvalue weighted by molar-refractivity contribution is 5.95. The monoisotopic (exact) mass is 836 g/mol. The number of fused-ring (bicyclic) bond motifs is 3. The van der Waals surface area contributed by atoms with Gasteiger partial charge in [-0.25, -0.2) is 4.79 Å². The minimum absolute atomic E-state index is 0.00571. The highest BCUT2D eigenvalue weighted by Crippen LogP contribution is 2.60. The van der Waals surface area contributed by atoms with Crippen LogP contribution in [0.4, 0.5) is 0 Å². The second-order valence-electron chi connectivity index (χ2n) is 18.5. The van der Waals surface area contributed by atoms with Crippen LogP contribution in [0.15, 0.2) is 126 Å². The number of carbonyl (C=O) groups is 3. The lowest BCUT2D eigenvalue weighted by Crippen LogP contribution is -2.45. The molecule has 2 heterocycles. The van der Waals surface area contributed by atoms with Crippen molar-refractivity contribution in [2.75, 3.05) is 13.2 Å². The fraction of sp³-hybridized carbons (Fsp3) is 0.404. The van der Waals surface area contributed by atoms with Gasteiger partial charge in [0.2, 0.25) is 11.7 Å². The Kier molecular flexibility index (Phi) is 11.5. The second-order valence-corrected chi connectivity index (χ2v) is 18.5. The average Bonchev–Trinajstić information content (AvgIpc) is 3.74. The van der Waals surface area contributed by atoms with Gasteiger partial charge in [-0.15, -0.1) is 0 Å².